The molecule has 0 aromatic heterocycles. The molecule has 1 saturated heterocycles. The van der Waals surface area contributed by atoms with E-state index in [-0.39, 0.29) is 29.1 Å². The molecule has 1 aliphatic heterocycles. The molecule has 0 N–H and O–H groups in total. The fourth-order valence-electron chi connectivity index (χ4n) is 5.04. The summed E-state index contributed by atoms with van der Waals surface area (Å²) in [6.07, 6.45) is 2.97. The Kier molecular flexibility index (Phi) is 10.7. The molecule has 4 rings (SSSR count). The molecule has 1 atom stereocenters. The molecular weight excluding hydrogens is 525 g/mol. The van der Waals surface area contributed by atoms with Gasteiger partial charge in [0.25, 0.3) is 5.69 Å². The maximum atomic E-state index is 12.3. The minimum atomic E-state index is -0.377. The highest BCUT2D eigenvalue weighted by Crippen LogP contribution is 2.35. The third kappa shape index (κ3) is 6.73. The molecule has 0 radical (unpaired) electrons. The minimum Gasteiger partial charge on any atom is -0.495 e. The van der Waals surface area contributed by atoms with Crippen LogP contribution in [0.2, 0.25) is 5.02 Å². The zero-order valence-electron chi connectivity index (χ0n) is 21.7. The van der Waals surface area contributed by atoms with Gasteiger partial charge in [-0.3, -0.25) is 19.9 Å². The normalized spacial score (nSPS) is 14.9. The smallest absolute Gasteiger partial charge is 0.269 e. The van der Waals surface area contributed by atoms with Crippen LogP contribution in [-0.4, -0.2) is 60.0 Å². The van der Waals surface area contributed by atoms with Gasteiger partial charge in [-0.15, -0.1) is 12.4 Å². The van der Waals surface area contributed by atoms with Gasteiger partial charge in [0.1, 0.15) is 11.7 Å². The Bertz CT molecular complexity index is 1300. The number of benzene rings is 3. The number of piperazine rings is 1. The lowest BCUT2D eigenvalue weighted by Crippen LogP contribution is -2.50. The molecule has 38 heavy (non-hydrogen) atoms. The zero-order valence-corrected chi connectivity index (χ0v) is 23.3. The molecule has 0 bridgehead atoms. The van der Waals surface area contributed by atoms with Crippen molar-refractivity contribution in [3.05, 3.63) is 80.9 Å². The Morgan fingerprint density at radius 2 is 1.82 bits per heavy atom. The summed E-state index contributed by atoms with van der Waals surface area (Å²) < 4.78 is 5.34. The molecule has 1 heterocycles. The van der Waals surface area contributed by atoms with E-state index >= 15 is 0 Å². The predicted molar refractivity (Wildman–Crippen MR) is 155 cm³/mol. The molecule has 9 heteroatoms. The quantitative estimate of drug-likeness (QED) is 0.162. The van der Waals surface area contributed by atoms with E-state index in [2.05, 4.69) is 22.7 Å². The second kappa shape index (κ2) is 13.7. The molecule has 1 unspecified atom stereocenters. The topological polar surface area (TPSA) is 75.9 Å². The molecule has 0 spiro atoms. The third-order valence-electron chi connectivity index (χ3n) is 7.12. The van der Waals surface area contributed by atoms with E-state index in [0.717, 1.165) is 73.9 Å². The summed E-state index contributed by atoms with van der Waals surface area (Å²) >= 11 is 6.50. The highest BCUT2D eigenvalue weighted by Gasteiger charge is 2.28. The van der Waals surface area contributed by atoms with Gasteiger partial charge in [0, 0.05) is 56.3 Å². The molecule has 0 saturated carbocycles. The van der Waals surface area contributed by atoms with Crippen LogP contribution in [0.1, 0.15) is 37.3 Å². The first kappa shape index (κ1) is 29.6. The number of halogens is 2. The Morgan fingerprint density at radius 1 is 1.11 bits per heavy atom. The Morgan fingerprint density at radius 3 is 2.42 bits per heavy atom. The number of rotatable bonds is 10. The number of nitro groups is 1. The zero-order chi connectivity index (χ0) is 26.4. The van der Waals surface area contributed by atoms with Crippen LogP contribution < -0.4 is 4.74 Å². The summed E-state index contributed by atoms with van der Waals surface area (Å²) in [6.45, 7) is 6.30. The molecule has 202 valence electrons. The van der Waals surface area contributed by atoms with E-state index in [1.807, 2.05) is 42.5 Å². The Balaban J connectivity index is 0.00000400. The SMILES string of the molecule is CCCCC(C(=C=O)c1ccc2c(Cl)c(OC)ccc2c1)N1CCN(Cc2ccc([N+](=O)[O-])cc2)CC1.Cl. The molecule has 3 aromatic rings. The van der Waals surface area contributed by atoms with E-state index in [9.17, 15) is 14.9 Å². The number of carbonyl (C=O) groups excluding carboxylic acids is 1. The van der Waals surface area contributed by atoms with Crippen LogP contribution in [0.4, 0.5) is 5.69 Å². The highest BCUT2D eigenvalue weighted by molar-refractivity contribution is 6.37. The Labute approximate surface area is 234 Å². The van der Waals surface area contributed by atoms with Gasteiger partial charge in [0.2, 0.25) is 0 Å². The molecule has 1 aliphatic rings. The summed E-state index contributed by atoms with van der Waals surface area (Å²) in [5.74, 6) is 2.92. The monoisotopic (exact) mass is 557 g/mol. The van der Waals surface area contributed by atoms with Gasteiger partial charge in [-0.05, 0) is 35.1 Å². The van der Waals surface area contributed by atoms with E-state index in [1.54, 1.807) is 19.2 Å². The summed E-state index contributed by atoms with van der Waals surface area (Å²) in [7, 11) is 1.60. The van der Waals surface area contributed by atoms with Gasteiger partial charge in [-0.25, -0.2) is 4.79 Å². The number of ether oxygens (including phenoxy) is 1. The average Bonchev–Trinajstić information content (AvgIpc) is 2.92. The van der Waals surface area contributed by atoms with Crippen molar-refractivity contribution in [2.45, 2.75) is 38.8 Å². The third-order valence-corrected chi connectivity index (χ3v) is 7.51. The first-order valence-corrected chi connectivity index (χ1v) is 13.0. The van der Waals surface area contributed by atoms with Gasteiger partial charge in [0.05, 0.1) is 22.6 Å². The molecule has 3 aromatic carbocycles. The van der Waals surface area contributed by atoms with Gasteiger partial charge in [-0.2, -0.15) is 0 Å². The maximum absolute atomic E-state index is 12.3. The predicted octanol–water partition coefficient (Wildman–Crippen LogP) is 6.42. The van der Waals surface area contributed by atoms with Crippen molar-refractivity contribution in [2.24, 2.45) is 0 Å². The molecule has 0 aliphatic carbocycles. The van der Waals surface area contributed by atoms with Crippen molar-refractivity contribution in [3.63, 3.8) is 0 Å². The second-order valence-corrected chi connectivity index (χ2v) is 9.81. The lowest BCUT2D eigenvalue weighted by atomic mass is 9.92. The van der Waals surface area contributed by atoms with Gasteiger partial charge in [-0.1, -0.05) is 61.7 Å². The number of hydrogen-bond donors (Lipinski definition) is 0. The van der Waals surface area contributed by atoms with Crippen LogP contribution in [0.15, 0.2) is 54.6 Å². The van der Waals surface area contributed by atoms with Crippen molar-refractivity contribution < 1.29 is 14.5 Å². The minimum absolute atomic E-state index is 0. The van der Waals surface area contributed by atoms with Crippen LogP contribution in [0, 0.1) is 10.1 Å². The van der Waals surface area contributed by atoms with Gasteiger partial charge < -0.3 is 4.74 Å². The van der Waals surface area contributed by atoms with Crippen molar-refractivity contribution in [1.82, 2.24) is 9.80 Å². The Hall–Kier alpha value is -2.93. The van der Waals surface area contributed by atoms with Crippen molar-refractivity contribution in [1.29, 1.82) is 0 Å². The van der Waals surface area contributed by atoms with Gasteiger partial charge >= 0.3 is 0 Å². The van der Waals surface area contributed by atoms with Crippen molar-refractivity contribution in [3.8, 4) is 5.75 Å². The fraction of sp³-hybridized carbons (Fsp3) is 0.379. The number of hydrogen-bond acceptors (Lipinski definition) is 6. The van der Waals surface area contributed by atoms with Crippen LogP contribution in [0.3, 0.4) is 0 Å². The first-order valence-electron chi connectivity index (χ1n) is 12.7. The average molecular weight is 559 g/mol. The van der Waals surface area contributed by atoms with Gasteiger partial charge in [0.15, 0.2) is 0 Å². The summed E-state index contributed by atoms with van der Waals surface area (Å²) in [5.41, 5.74) is 2.72. The standard InChI is InChI=1S/C29H32ClN3O4.ClH/c1-3-4-5-27(26(20-34)23-8-12-25-22(18-23)9-13-28(37-2)29(25)30)32-16-14-31(15-17-32)19-21-6-10-24(11-7-21)33(35)36;/h6-13,18,27H,3-5,14-17,19H2,1-2H3;1H. The summed E-state index contributed by atoms with van der Waals surface area (Å²) in [4.78, 5) is 27.6. The first-order chi connectivity index (χ1) is 17.9. The van der Waals surface area contributed by atoms with E-state index < -0.39 is 0 Å². The van der Waals surface area contributed by atoms with Crippen LogP contribution in [-0.2, 0) is 11.3 Å². The maximum Gasteiger partial charge on any atom is 0.269 e. The number of unbranched alkanes of at least 4 members (excludes halogenated alkanes) is 1. The summed E-state index contributed by atoms with van der Waals surface area (Å²) in [6, 6.07) is 16.5. The lowest BCUT2D eigenvalue weighted by Gasteiger charge is -2.39. The molecule has 0 amide bonds. The lowest BCUT2D eigenvalue weighted by molar-refractivity contribution is -0.384. The number of nitrogens with zero attached hydrogens (tertiary/aromatic N) is 3. The number of methoxy groups -OCH3 is 1. The van der Waals surface area contributed by atoms with Crippen LogP contribution >= 0.6 is 24.0 Å². The molecule has 7 nitrogen and oxygen atoms in total. The number of nitro benzene ring substituents is 1. The van der Waals surface area contributed by atoms with Crippen molar-refractivity contribution in [2.75, 3.05) is 33.3 Å². The highest BCUT2D eigenvalue weighted by atomic mass is 35.5. The van der Waals surface area contributed by atoms with E-state index in [1.165, 1.54) is 0 Å². The fourth-order valence-corrected chi connectivity index (χ4v) is 5.35. The van der Waals surface area contributed by atoms with Crippen LogP contribution in [0.5, 0.6) is 5.75 Å². The molecule has 1 fully saturated rings. The number of non-ortho nitro benzene ring substituents is 1. The largest absolute Gasteiger partial charge is 0.495 e. The van der Waals surface area contributed by atoms with E-state index in [4.69, 9.17) is 16.3 Å². The van der Waals surface area contributed by atoms with Crippen LogP contribution in [0.25, 0.3) is 16.3 Å². The second-order valence-electron chi connectivity index (χ2n) is 9.43. The van der Waals surface area contributed by atoms with Crippen molar-refractivity contribution >= 4 is 52.0 Å². The summed E-state index contributed by atoms with van der Waals surface area (Å²) in [5, 5.41) is 13.3. The number of fused-ring (bicyclic) bond motifs is 1. The van der Waals surface area contributed by atoms with E-state index in [0.29, 0.717) is 16.3 Å². The molecular formula is C29H33Cl2N3O4.